The number of fused-ring (bicyclic) bond motifs is 7. The molecule has 210 valence electrons. The van der Waals surface area contributed by atoms with E-state index in [1.807, 2.05) is 5.57 Å². The van der Waals surface area contributed by atoms with Crippen molar-refractivity contribution in [2.45, 2.75) is 152 Å². The number of rotatable bonds is 4. The van der Waals surface area contributed by atoms with Crippen LogP contribution in [0, 0.1) is 50.2 Å². The first-order chi connectivity index (χ1) is 17.1. The lowest BCUT2D eigenvalue weighted by Gasteiger charge is -2.72. The third-order valence-electron chi connectivity index (χ3n) is 13.9. The Morgan fingerprint density at radius 3 is 2.22 bits per heavy atom. The second-order valence-corrected chi connectivity index (χ2v) is 16.7. The second kappa shape index (κ2) is 8.86. The van der Waals surface area contributed by atoms with Gasteiger partial charge < -0.3 is 4.74 Å². The molecule has 5 aliphatic carbocycles. The highest BCUT2D eigenvalue weighted by molar-refractivity contribution is 5.69. The molecule has 5 aliphatic rings. The van der Waals surface area contributed by atoms with Crippen LogP contribution in [0.2, 0.25) is 0 Å². The molecule has 37 heavy (non-hydrogen) atoms. The Bertz CT molecular complexity index is 943. The first-order valence-electron chi connectivity index (χ1n) is 16.1. The Kier molecular flexibility index (Phi) is 6.65. The molecule has 2 heteroatoms. The number of hydrogen-bond acceptors (Lipinski definition) is 2. The monoisotopic (exact) mass is 510 g/mol. The minimum Gasteiger partial charge on any atom is -0.462 e. The van der Waals surface area contributed by atoms with E-state index < -0.39 is 0 Å². The Morgan fingerprint density at radius 1 is 0.811 bits per heavy atom. The van der Waals surface area contributed by atoms with Gasteiger partial charge in [0.25, 0.3) is 0 Å². The van der Waals surface area contributed by atoms with Gasteiger partial charge >= 0.3 is 5.97 Å². The van der Waals surface area contributed by atoms with Crippen molar-refractivity contribution < 1.29 is 9.53 Å². The van der Waals surface area contributed by atoms with Crippen LogP contribution in [0.15, 0.2) is 11.6 Å². The predicted octanol–water partition coefficient (Wildman–Crippen LogP) is 9.91. The lowest BCUT2D eigenvalue weighted by molar-refractivity contribution is -0.233. The van der Waals surface area contributed by atoms with Crippen LogP contribution in [0.3, 0.4) is 0 Å². The summed E-state index contributed by atoms with van der Waals surface area (Å²) in [6, 6.07) is 0. The zero-order chi connectivity index (χ0) is 27.1. The summed E-state index contributed by atoms with van der Waals surface area (Å²) in [5.41, 5.74) is 3.83. The Hall–Kier alpha value is -0.790. The number of allylic oxidation sites excluding steroid dienone is 2. The number of esters is 1. The van der Waals surface area contributed by atoms with Crippen molar-refractivity contribution in [2.24, 2.45) is 50.2 Å². The third-order valence-corrected chi connectivity index (χ3v) is 13.9. The quantitative estimate of drug-likeness (QED) is 0.278. The molecule has 0 bridgehead atoms. The predicted molar refractivity (Wildman–Crippen MR) is 154 cm³/mol. The van der Waals surface area contributed by atoms with Crippen LogP contribution in [0.5, 0.6) is 0 Å². The van der Waals surface area contributed by atoms with E-state index in [1.54, 1.807) is 0 Å². The largest absolute Gasteiger partial charge is 0.462 e. The van der Waals surface area contributed by atoms with Crippen LogP contribution in [0.25, 0.3) is 0 Å². The summed E-state index contributed by atoms with van der Waals surface area (Å²) in [6.45, 7) is 22.7. The molecule has 0 amide bonds. The normalized spacial score (nSPS) is 48.0. The molecule has 0 aliphatic heterocycles. The molecular weight excluding hydrogens is 452 g/mol. The lowest BCUT2D eigenvalue weighted by atomic mass is 9.32. The molecular formula is C35H58O2. The van der Waals surface area contributed by atoms with Crippen molar-refractivity contribution in [3.8, 4) is 0 Å². The van der Waals surface area contributed by atoms with Gasteiger partial charge in [0.1, 0.15) is 6.10 Å². The Labute approximate surface area is 229 Å². The summed E-state index contributed by atoms with van der Waals surface area (Å²) in [5, 5.41) is 0. The number of carbonyl (C=O) groups is 1. The molecule has 4 saturated carbocycles. The average molecular weight is 511 g/mol. The van der Waals surface area contributed by atoms with Gasteiger partial charge in [-0.05, 0) is 115 Å². The number of hydrogen-bond donors (Lipinski definition) is 0. The average Bonchev–Trinajstić information content (AvgIpc) is 2.81. The van der Waals surface area contributed by atoms with Crippen LogP contribution in [0.1, 0.15) is 146 Å². The van der Waals surface area contributed by atoms with Crippen LogP contribution >= 0.6 is 0 Å². The summed E-state index contributed by atoms with van der Waals surface area (Å²) in [6.07, 6.45) is 18.6. The van der Waals surface area contributed by atoms with Gasteiger partial charge in [-0.2, -0.15) is 0 Å². The molecule has 0 saturated heterocycles. The second-order valence-electron chi connectivity index (χ2n) is 16.7. The summed E-state index contributed by atoms with van der Waals surface area (Å²) >= 11 is 0. The van der Waals surface area contributed by atoms with Crippen molar-refractivity contribution in [3.05, 3.63) is 11.6 Å². The molecule has 5 rings (SSSR count). The summed E-state index contributed by atoms with van der Waals surface area (Å²) in [4.78, 5) is 12.6. The highest BCUT2D eigenvalue weighted by Gasteiger charge is 2.69. The molecule has 2 nitrogen and oxygen atoms in total. The van der Waals surface area contributed by atoms with E-state index in [0.29, 0.717) is 39.4 Å². The maximum Gasteiger partial charge on any atom is 0.306 e. The fourth-order valence-corrected chi connectivity index (χ4v) is 11.4. The van der Waals surface area contributed by atoms with E-state index in [0.717, 1.165) is 31.1 Å². The number of carbonyl (C=O) groups excluding carboxylic acids is 1. The van der Waals surface area contributed by atoms with Gasteiger partial charge in [-0.3, -0.25) is 4.79 Å². The van der Waals surface area contributed by atoms with Crippen LogP contribution in [0.4, 0.5) is 0 Å². The highest BCUT2D eigenvalue weighted by Crippen LogP contribution is 2.76. The van der Waals surface area contributed by atoms with E-state index in [4.69, 9.17) is 4.74 Å². The SMILES string of the molecule is CCCCC(=O)O[C@H]1CC[C@]2(C)[C@H]3CC[C@@H]4C5=CC(C)(C)CC[C@]5(C)CC[C@@]4(C)[C@]3(C)CC[C@H]2C1(C)C. The minimum absolute atomic E-state index is 0.0335. The molecule has 8 atom stereocenters. The fraction of sp³-hybridized carbons (Fsp3) is 0.914. The van der Waals surface area contributed by atoms with Crippen molar-refractivity contribution in [3.63, 3.8) is 0 Å². The van der Waals surface area contributed by atoms with Crippen LogP contribution in [-0.4, -0.2) is 12.1 Å². The fourth-order valence-electron chi connectivity index (χ4n) is 11.4. The molecule has 0 radical (unpaired) electrons. The van der Waals surface area contributed by atoms with Crippen LogP contribution in [-0.2, 0) is 9.53 Å². The van der Waals surface area contributed by atoms with Crippen LogP contribution < -0.4 is 0 Å². The molecule has 0 spiro atoms. The maximum atomic E-state index is 12.6. The number of ether oxygens (including phenoxy) is 1. The van der Waals surface area contributed by atoms with Crippen molar-refractivity contribution in [1.82, 2.24) is 0 Å². The molecule has 0 aromatic heterocycles. The van der Waals surface area contributed by atoms with Gasteiger partial charge in [0, 0.05) is 11.8 Å². The summed E-state index contributed by atoms with van der Waals surface area (Å²) < 4.78 is 6.21. The lowest BCUT2D eigenvalue weighted by Crippen LogP contribution is -2.66. The van der Waals surface area contributed by atoms with Crippen molar-refractivity contribution in [2.75, 3.05) is 0 Å². The zero-order valence-corrected chi connectivity index (χ0v) is 25.9. The number of unbranched alkanes of at least 4 members (excludes halogenated alkanes) is 1. The van der Waals surface area contributed by atoms with E-state index >= 15 is 0 Å². The molecule has 0 N–H and O–H groups in total. The maximum absolute atomic E-state index is 12.6. The molecule has 0 unspecified atom stereocenters. The van der Waals surface area contributed by atoms with E-state index in [-0.39, 0.29) is 17.5 Å². The Balaban J connectivity index is 1.44. The third kappa shape index (κ3) is 4.03. The molecule has 4 fully saturated rings. The summed E-state index contributed by atoms with van der Waals surface area (Å²) in [5.74, 6) is 2.21. The van der Waals surface area contributed by atoms with Crippen molar-refractivity contribution in [1.29, 1.82) is 0 Å². The topological polar surface area (TPSA) is 26.3 Å². The minimum atomic E-state index is 0.0335. The first-order valence-corrected chi connectivity index (χ1v) is 16.1. The summed E-state index contributed by atoms with van der Waals surface area (Å²) in [7, 11) is 0. The standard InChI is InChI=1S/C35H58O2/c1-10-11-12-29(36)37-28-16-17-33(7)26(31(28,4)5)15-18-35(9)27(33)14-13-24-25-23-30(2,3)19-20-32(25,6)21-22-34(24,35)8/h23-24,26-28H,10-22H2,1-9H3/t24-,26+,27-,28+,32-,33+,34-,35-/m1/s1. The Morgan fingerprint density at radius 2 is 1.51 bits per heavy atom. The zero-order valence-electron chi connectivity index (χ0n) is 25.9. The van der Waals surface area contributed by atoms with E-state index in [1.165, 1.54) is 57.8 Å². The van der Waals surface area contributed by atoms with Crippen molar-refractivity contribution >= 4 is 5.97 Å². The smallest absolute Gasteiger partial charge is 0.306 e. The van der Waals surface area contributed by atoms with Gasteiger partial charge in [0.2, 0.25) is 0 Å². The molecule has 0 heterocycles. The first kappa shape index (κ1) is 27.8. The van der Waals surface area contributed by atoms with Gasteiger partial charge in [-0.15, -0.1) is 0 Å². The van der Waals surface area contributed by atoms with Gasteiger partial charge in [0.05, 0.1) is 0 Å². The van der Waals surface area contributed by atoms with E-state index in [9.17, 15) is 4.79 Å². The molecule has 0 aromatic rings. The van der Waals surface area contributed by atoms with Gasteiger partial charge in [0.15, 0.2) is 0 Å². The van der Waals surface area contributed by atoms with E-state index in [2.05, 4.69) is 68.4 Å². The highest BCUT2D eigenvalue weighted by atomic mass is 16.5. The van der Waals surface area contributed by atoms with Gasteiger partial charge in [-0.1, -0.05) is 80.4 Å². The van der Waals surface area contributed by atoms with Gasteiger partial charge in [-0.25, -0.2) is 0 Å². The molecule has 0 aromatic carbocycles.